The van der Waals surface area contributed by atoms with Crippen LogP contribution in [0.5, 0.6) is 17.2 Å². The Balaban J connectivity index is 2.07. The van der Waals surface area contributed by atoms with Crippen LogP contribution >= 0.6 is 15.9 Å². The van der Waals surface area contributed by atoms with E-state index in [9.17, 15) is 9.59 Å². The van der Waals surface area contributed by atoms with Crippen LogP contribution in [0.4, 0.5) is 0 Å². The second-order valence-corrected chi connectivity index (χ2v) is 8.98. The van der Waals surface area contributed by atoms with Gasteiger partial charge < -0.3 is 18.9 Å². The van der Waals surface area contributed by atoms with Gasteiger partial charge in [0, 0.05) is 16.0 Å². The summed E-state index contributed by atoms with van der Waals surface area (Å²) < 4.78 is 23.9. The maximum absolute atomic E-state index is 13.4. The van der Waals surface area contributed by atoms with Crippen LogP contribution in [0.25, 0.3) is 10.9 Å². The third-order valence-electron chi connectivity index (χ3n) is 5.60. The molecule has 0 radical (unpaired) electrons. The SMILES string of the molecule is CCOC(=O)[C@@H](C)Oc1c(OC)cc(C=Nn2c([C@@H](C)CC)nc3ccc(Br)cc3c2=O)cc1OC. The van der Waals surface area contributed by atoms with Crippen molar-refractivity contribution in [3.05, 3.63) is 56.5 Å². The minimum Gasteiger partial charge on any atom is -0.493 e. The molecule has 0 fully saturated rings. The van der Waals surface area contributed by atoms with E-state index in [2.05, 4.69) is 21.0 Å². The van der Waals surface area contributed by atoms with Crippen molar-refractivity contribution in [3.63, 3.8) is 0 Å². The first kappa shape index (κ1) is 27.2. The highest BCUT2D eigenvalue weighted by molar-refractivity contribution is 9.10. The van der Waals surface area contributed by atoms with Gasteiger partial charge in [-0.1, -0.05) is 29.8 Å². The Hall–Kier alpha value is -3.40. The number of benzene rings is 2. The number of carbonyl (C=O) groups is 1. The molecule has 0 amide bonds. The highest BCUT2D eigenvalue weighted by Crippen LogP contribution is 2.39. The van der Waals surface area contributed by atoms with Gasteiger partial charge in [-0.05, 0) is 50.6 Å². The summed E-state index contributed by atoms with van der Waals surface area (Å²) in [7, 11) is 2.96. The number of hydrogen-bond acceptors (Lipinski definition) is 8. The van der Waals surface area contributed by atoms with Gasteiger partial charge in [0.15, 0.2) is 17.6 Å². The van der Waals surface area contributed by atoms with E-state index in [1.807, 2.05) is 26.0 Å². The molecule has 1 aromatic heterocycles. The third-order valence-corrected chi connectivity index (χ3v) is 6.10. The first-order valence-corrected chi connectivity index (χ1v) is 12.4. The minimum absolute atomic E-state index is 0.00658. The normalized spacial score (nSPS) is 13.0. The van der Waals surface area contributed by atoms with Crippen molar-refractivity contribution in [2.45, 2.75) is 46.1 Å². The fourth-order valence-corrected chi connectivity index (χ4v) is 3.84. The number of halogens is 1. The van der Waals surface area contributed by atoms with E-state index in [0.29, 0.717) is 33.8 Å². The van der Waals surface area contributed by atoms with Crippen LogP contribution in [0, 0.1) is 0 Å². The average molecular weight is 560 g/mol. The molecule has 0 aliphatic heterocycles. The molecule has 0 aliphatic rings. The molecule has 10 heteroatoms. The van der Waals surface area contributed by atoms with Crippen LogP contribution in [-0.2, 0) is 9.53 Å². The largest absolute Gasteiger partial charge is 0.493 e. The van der Waals surface area contributed by atoms with Crippen LogP contribution in [0.15, 0.2) is 44.7 Å². The predicted molar refractivity (Wildman–Crippen MR) is 142 cm³/mol. The second-order valence-electron chi connectivity index (χ2n) is 8.07. The summed E-state index contributed by atoms with van der Waals surface area (Å²) in [5.41, 5.74) is 0.941. The first-order valence-electron chi connectivity index (χ1n) is 11.6. The average Bonchev–Trinajstić information content (AvgIpc) is 2.88. The number of carbonyl (C=O) groups excluding carboxylic acids is 1. The highest BCUT2D eigenvalue weighted by Gasteiger charge is 2.22. The van der Waals surface area contributed by atoms with Gasteiger partial charge in [-0.3, -0.25) is 4.79 Å². The maximum atomic E-state index is 13.4. The Labute approximate surface area is 218 Å². The van der Waals surface area contributed by atoms with Crippen molar-refractivity contribution in [1.29, 1.82) is 0 Å². The third kappa shape index (κ3) is 5.87. The summed E-state index contributed by atoms with van der Waals surface area (Å²) in [5.74, 6) is 0.999. The number of fused-ring (bicyclic) bond motifs is 1. The molecular weight excluding hydrogens is 530 g/mol. The Morgan fingerprint density at radius 2 is 1.81 bits per heavy atom. The van der Waals surface area contributed by atoms with Gasteiger partial charge in [0.2, 0.25) is 5.75 Å². The van der Waals surface area contributed by atoms with Crippen molar-refractivity contribution >= 4 is 39.0 Å². The molecule has 0 bridgehead atoms. The van der Waals surface area contributed by atoms with Crippen molar-refractivity contribution in [3.8, 4) is 17.2 Å². The Morgan fingerprint density at radius 3 is 2.39 bits per heavy atom. The number of ether oxygens (including phenoxy) is 4. The van der Waals surface area contributed by atoms with Gasteiger partial charge in [0.1, 0.15) is 5.82 Å². The summed E-state index contributed by atoms with van der Waals surface area (Å²) in [6.07, 6.45) is 1.45. The molecule has 9 nitrogen and oxygen atoms in total. The van der Waals surface area contributed by atoms with Crippen molar-refractivity contribution < 1.29 is 23.7 Å². The summed E-state index contributed by atoms with van der Waals surface area (Å²) in [6, 6.07) is 8.76. The van der Waals surface area contributed by atoms with E-state index in [-0.39, 0.29) is 23.8 Å². The molecule has 0 unspecified atom stereocenters. The first-order chi connectivity index (χ1) is 17.2. The van der Waals surface area contributed by atoms with E-state index in [1.54, 1.807) is 32.0 Å². The Bertz CT molecular complexity index is 1310. The van der Waals surface area contributed by atoms with E-state index >= 15 is 0 Å². The summed E-state index contributed by atoms with van der Waals surface area (Å²) >= 11 is 3.42. The number of esters is 1. The molecule has 2 atom stereocenters. The van der Waals surface area contributed by atoms with Gasteiger partial charge in [0.05, 0.1) is 37.9 Å². The molecule has 0 saturated carbocycles. The van der Waals surface area contributed by atoms with Crippen LogP contribution in [0.3, 0.4) is 0 Å². The van der Waals surface area contributed by atoms with Crippen molar-refractivity contribution in [2.24, 2.45) is 5.10 Å². The second kappa shape index (κ2) is 12.0. The van der Waals surface area contributed by atoms with Crippen molar-refractivity contribution in [2.75, 3.05) is 20.8 Å². The molecule has 2 aromatic carbocycles. The molecular formula is C26H30BrN3O6. The van der Waals surface area contributed by atoms with E-state index in [4.69, 9.17) is 23.9 Å². The minimum atomic E-state index is -0.869. The molecule has 3 aromatic rings. The summed E-state index contributed by atoms with van der Waals surface area (Å²) in [6.45, 7) is 7.58. The van der Waals surface area contributed by atoms with Crippen LogP contribution in [0.1, 0.15) is 51.4 Å². The lowest BCUT2D eigenvalue weighted by molar-refractivity contribution is -0.150. The van der Waals surface area contributed by atoms with Gasteiger partial charge in [-0.15, -0.1) is 0 Å². The fraction of sp³-hybridized carbons (Fsp3) is 0.385. The molecule has 1 heterocycles. The number of aromatic nitrogens is 2. The van der Waals surface area contributed by atoms with Gasteiger partial charge in [-0.2, -0.15) is 9.78 Å². The lowest BCUT2D eigenvalue weighted by atomic mass is 10.1. The van der Waals surface area contributed by atoms with E-state index in [1.165, 1.54) is 25.1 Å². The zero-order valence-electron chi connectivity index (χ0n) is 21.2. The Kier molecular flexibility index (Phi) is 9.08. The summed E-state index contributed by atoms with van der Waals surface area (Å²) in [5, 5.41) is 4.95. The monoisotopic (exact) mass is 559 g/mol. The zero-order chi connectivity index (χ0) is 26.4. The standard InChI is InChI=1S/C26H30BrN3O6/c1-7-15(3)24-29-20-10-9-18(27)13-19(20)25(31)30(24)28-14-17-11-21(33-5)23(22(12-17)34-6)36-16(4)26(32)35-8-2/h9-16H,7-8H2,1-6H3/t15-,16+/m0/s1. The van der Waals surface area contributed by atoms with Crippen molar-refractivity contribution in [1.82, 2.24) is 9.66 Å². The number of rotatable bonds is 10. The molecule has 0 spiro atoms. The van der Waals surface area contributed by atoms with Gasteiger partial charge in [0.25, 0.3) is 5.56 Å². The number of nitrogens with zero attached hydrogens (tertiary/aromatic N) is 3. The molecule has 0 saturated heterocycles. The fourth-order valence-electron chi connectivity index (χ4n) is 3.48. The van der Waals surface area contributed by atoms with Crippen LogP contribution in [-0.4, -0.2) is 48.8 Å². The number of hydrogen-bond donors (Lipinski definition) is 0. The number of methoxy groups -OCH3 is 2. The molecule has 0 aliphatic carbocycles. The van der Waals surface area contributed by atoms with E-state index in [0.717, 1.165) is 10.9 Å². The lowest BCUT2D eigenvalue weighted by Gasteiger charge is -2.18. The molecule has 192 valence electrons. The lowest BCUT2D eigenvalue weighted by Crippen LogP contribution is -2.26. The van der Waals surface area contributed by atoms with E-state index < -0.39 is 12.1 Å². The molecule has 3 rings (SSSR count). The highest BCUT2D eigenvalue weighted by atomic mass is 79.9. The zero-order valence-corrected chi connectivity index (χ0v) is 22.8. The quantitative estimate of drug-likeness (QED) is 0.257. The Morgan fingerprint density at radius 1 is 1.14 bits per heavy atom. The smallest absolute Gasteiger partial charge is 0.347 e. The topological polar surface area (TPSA) is 101 Å². The van der Waals surface area contributed by atoms with Gasteiger partial charge in [-0.25, -0.2) is 9.78 Å². The summed E-state index contributed by atoms with van der Waals surface area (Å²) in [4.78, 5) is 30.1. The van der Waals surface area contributed by atoms with Gasteiger partial charge >= 0.3 is 5.97 Å². The molecule has 0 N–H and O–H groups in total. The van der Waals surface area contributed by atoms with Crippen LogP contribution in [0.2, 0.25) is 0 Å². The van der Waals surface area contributed by atoms with Crippen LogP contribution < -0.4 is 19.8 Å². The maximum Gasteiger partial charge on any atom is 0.347 e. The predicted octanol–water partition coefficient (Wildman–Crippen LogP) is 4.90. The molecule has 36 heavy (non-hydrogen) atoms.